The summed E-state index contributed by atoms with van der Waals surface area (Å²) in [4.78, 5) is 58.3. The zero-order chi connectivity index (χ0) is 22.0. The summed E-state index contributed by atoms with van der Waals surface area (Å²) in [6.45, 7) is 2.34. The highest BCUT2D eigenvalue weighted by Crippen LogP contribution is 2.02. The van der Waals surface area contributed by atoms with Crippen molar-refractivity contribution in [2.24, 2.45) is 17.4 Å². The third kappa shape index (κ3) is 8.54. The van der Waals surface area contributed by atoms with E-state index in [0.717, 1.165) is 0 Å². The van der Waals surface area contributed by atoms with Gasteiger partial charge in [-0.15, -0.1) is 0 Å². The van der Waals surface area contributed by atoms with E-state index in [2.05, 4.69) is 28.6 Å². The van der Waals surface area contributed by atoms with Gasteiger partial charge in [0.05, 0.1) is 19.1 Å². The lowest BCUT2D eigenvalue weighted by Gasteiger charge is -2.24. The Labute approximate surface area is 167 Å². The van der Waals surface area contributed by atoms with Crippen LogP contribution < -0.4 is 27.4 Å². The number of aliphatic hydroxyl groups is 1. The number of aliphatic carboxylic acids is 1. The number of nitrogens with one attached hydrogen (secondary N) is 3. The SMILES string of the molecule is CC(C)C(NC(=O)C(CO)NC(=O)C(CS)NC(=O)C(N)CC(N)=O)C(=O)O. The van der Waals surface area contributed by atoms with Crippen LogP contribution in [0.2, 0.25) is 0 Å². The van der Waals surface area contributed by atoms with Gasteiger partial charge in [0.1, 0.15) is 18.1 Å². The number of rotatable bonds is 12. The second-order valence-electron chi connectivity index (χ2n) is 6.33. The summed E-state index contributed by atoms with van der Waals surface area (Å²) < 4.78 is 0. The van der Waals surface area contributed by atoms with Gasteiger partial charge >= 0.3 is 5.97 Å². The first-order valence-electron chi connectivity index (χ1n) is 8.34. The van der Waals surface area contributed by atoms with Crippen molar-refractivity contribution >= 4 is 42.2 Å². The zero-order valence-corrected chi connectivity index (χ0v) is 16.4. The fraction of sp³-hybridized carbons (Fsp3) is 0.667. The first kappa shape index (κ1) is 25.6. The van der Waals surface area contributed by atoms with E-state index >= 15 is 0 Å². The van der Waals surface area contributed by atoms with Gasteiger partial charge < -0.3 is 37.6 Å². The molecule has 0 fully saturated rings. The average Bonchev–Trinajstić information content (AvgIpc) is 2.59. The monoisotopic (exact) mass is 421 g/mol. The molecule has 0 aromatic carbocycles. The molecule has 0 spiro atoms. The lowest BCUT2D eigenvalue weighted by atomic mass is 10.0. The number of carboxylic acid groups (broad SMARTS) is 1. The van der Waals surface area contributed by atoms with Crippen LogP contribution in [-0.2, 0) is 24.0 Å². The molecule has 0 aromatic heterocycles. The number of hydrogen-bond donors (Lipinski definition) is 8. The van der Waals surface area contributed by atoms with Gasteiger partial charge in [-0.25, -0.2) is 4.79 Å². The third-order valence-corrected chi connectivity index (χ3v) is 3.98. The highest BCUT2D eigenvalue weighted by Gasteiger charge is 2.30. The van der Waals surface area contributed by atoms with Crippen LogP contribution in [0, 0.1) is 5.92 Å². The summed E-state index contributed by atoms with van der Waals surface area (Å²) in [6, 6.07) is -5.17. The topological polar surface area (TPSA) is 214 Å². The van der Waals surface area contributed by atoms with Crippen molar-refractivity contribution in [1.82, 2.24) is 16.0 Å². The Hall–Kier alpha value is -2.38. The number of carboxylic acids is 1. The summed E-state index contributed by atoms with van der Waals surface area (Å²) in [7, 11) is 0. The molecule has 28 heavy (non-hydrogen) atoms. The number of thiol groups is 1. The minimum absolute atomic E-state index is 0.176. The van der Waals surface area contributed by atoms with Crippen LogP contribution in [0.5, 0.6) is 0 Å². The Kier molecular flexibility index (Phi) is 11.1. The number of nitrogens with two attached hydrogens (primary N) is 2. The Morgan fingerprint density at radius 2 is 1.46 bits per heavy atom. The maximum Gasteiger partial charge on any atom is 0.326 e. The summed E-state index contributed by atoms with van der Waals surface area (Å²) in [6.07, 6.45) is -0.430. The van der Waals surface area contributed by atoms with E-state index in [0.29, 0.717) is 0 Å². The molecule has 0 radical (unpaired) electrons. The van der Waals surface area contributed by atoms with Crippen molar-refractivity contribution in [3.8, 4) is 0 Å². The Morgan fingerprint density at radius 1 is 0.964 bits per heavy atom. The molecule has 0 saturated heterocycles. The summed E-state index contributed by atoms with van der Waals surface area (Å²) in [5.41, 5.74) is 10.4. The summed E-state index contributed by atoms with van der Waals surface area (Å²) >= 11 is 3.93. The van der Waals surface area contributed by atoms with Gasteiger partial charge in [0.25, 0.3) is 0 Å². The highest BCUT2D eigenvalue weighted by atomic mass is 32.1. The van der Waals surface area contributed by atoms with Crippen molar-refractivity contribution < 1.29 is 34.2 Å². The molecule has 0 aliphatic rings. The number of aliphatic hydroxyl groups excluding tert-OH is 1. The largest absolute Gasteiger partial charge is 0.480 e. The summed E-state index contributed by atoms with van der Waals surface area (Å²) in [5, 5.41) is 25.1. The van der Waals surface area contributed by atoms with Crippen molar-refractivity contribution in [3.63, 3.8) is 0 Å². The molecule has 4 unspecified atom stereocenters. The smallest absolute Gasteiger partial charge is 0.326 e. The first-order valence-corrected chi connectivity index (χ1v) is 8.97. The molecule has 0 saturated carbocycles. The standard InChI is InChI=1S/C15H27N5O7S/c1-6(2)11(15(26)27)20-13(24)8(4-21)18-14(25)9(5-28)19-12(23)7(16)3-10(17)22/h6-9,11,21,28H,3-5,16H2,1-2H3,(H2,17,22)(H,18,25)(H,19,23)(H,20,24)(H,26,27). The van der Waals surface area contributed by atoms with Gasteiger partial charge in [0.2, 0.25) is 23.6 Å². The van der Waals surface area contributed by atoms with Crippen molar-refractivity contribution in [2.45, 2.75) is 44.4 Å². The van der Waals surface area contributed by atoms with Crippen LogP contribution in [-0.4, -0.2) is 76.3 Å². The average molecular weight is 421 g/mol. The van der Waals surface area contributed by atoms with Crippen LogP contribution >= 0.6 is 12.6 Å². The van der Waals surface area contributed by atoms with E-state index in [1.165, 1.54) is 0 Å². The van der Waals surface area contributed by atoms with E-state index in [9.17, 15) is 29.1 Å². The van der Waals surface area contributed by atoms with E-state index in [1.54, 1.807) is 13.8 Å². The van der Waals surface area contributed by atoms with E-state index < -0.39 is 72.7 Å². The molecule has 0 aliphatic carbocycles. The normalized spacial score (nSPS) is 15.1. The van der Waals surface area contributed by atoms with E-state index in [1.807, 2.05) is 0 Å². The predicted molar refractivity (Wildman–Crippen MR) is 101 cm³/mol. The lowest BCUT2D eigenvalue weighted by Crippen LogP contribution is -2.59. The fourth-order valence-electron chi connectivity index (χ4n) is 2.02. The lowest BCUT2D eigenvalue weighted by molar-refractivity contribution is -0.143. The molecule has 0 aliphatic heterocycles. The molecule has 12 nitrogen and oxygen atoms in total. The second kappa shape index (κ2) is 12.2. The van der Waals surface area contributed by atoms with Crippen molar-refractivity contribution in [3.05, 3.63) is 0 Å². The highest BCUT2D eigenvalue weighted by molar-refractivity contribution is 7.80. The third-order valence-electron chi connectivity index (χ3n) is 3.62. The molecule has 0 bridgehead atoms. The Morgan fingerprint density at radius 3 is 1.86 bits per heavy atom. The van der Waals surface area contributed by atoms with Crippen LogP contribution in [0.3, 0.4) is 0 Å². The zero-order valence-electron chi connectivity index (χ0n) is 15.5. The van der Waals surface area contributed by atoms with Gasteiger partial charge in [-0.1, -0.05) is 13.8 Å². The molecular formula is C15H27N5O7S. The molecule has 9 N–H and O–H groups in total. The fourth-order valence-corrected chi connectivity index (χ4v) is 2.27. The molecule has 4 amide bonds. The van der Waals surface area contributed by atoms with Crippen LogP contribution in [0.1, 0.15) is 20.3 Å². The van der Waals surface area contributed by atoms with Gasteiger partial charge in [-0.05, 0) is 5.92 Å². The molecule has 0 aromatic rings. The van der Waals surface area contributed by atoms with Gasteiger partial charge in [-0.3, -0.25) is 19.2 Å². The molecule has 13 heteroatoms. The van der Waals surface area contributed by atoms with Gasteiger partial charge in [0.15, 0.2) is 0 Å². The molecule has 4 atom stereocenters. The molecule has 0 rings (SSSR count). The summed E-state index contributed by atoms with van der Waals surface area (Å²) in [5.74, 6) is -5.28. The Balaban J connectivity index is 4.99. The minimum Gasteiger partial charge on any atom is -0.480 e. The van der Waals surface area contributed by atoms with Gasteiger partial charge in [-0.2, -0.15) is 12.6 Å². The number of hydrogen-bond acceptors (Lipinski definition) is 8. The van der Waals surface area contributed by atoms with Crippen LogP contribution in [0.15, 0.2) is 0 Å². The Bertz CT molecular complexity index is 601. The number of carbonyl (C=O) groups excluding carboxylic acids is 4. The van der Waals surface area contributed by atoms with Crippen LogP contribution in [0.25, 0.3) is 0 Å². The number of amides is 4. The van der Waals surface area contributed by atoms with E-state index in [-0.39, 0.29) is 5.75 Å². The molecule has 0 heterocycles. The number of primary amides is 1. The van der Waals surface area contributed by atoms with Gasteiger partial charge in [0, 0.05) is 5.75 Å². The second-order valence-corrected chi connectivity index (χ2v) is 6.70. The predicted octanol–water partition coefficient (Wildman–Crippen LogP) is -3.69. The maximum atomic E-state index is 12.3. The molecular weight excluding hydrogens is 394 g/mol. The number of carbonyl (C=O) groups is 5. The van der Waals surface area contributed by atoms with E-state index in [4.69, 9.17) is 16.6 Å². The quantitative estimate of drug-likeness (QED) is 0.146. The first-order chi connectivity index (χ1) is 12.9. The van der Waals surface area contributed by atoms with Crippen LogP contribution in [0.4, 0.5) is 0 Å². The maximum absolute atomic E-state index is 12.3. The minimum atomic E-state index is -1.45. The van der Waals surface area contributed by atoms with Crippen molar-refractivity contribution in [2.75, 3.05) is 12.4 Å². The molecule has 160 valence electrons. The van der Waals surface area contributed by atoms with Crippen molar-refractivity contribution in [1.29, 1.82) is 0 Å².